The normalized spacial score (nSPS) is 35.8. The minimum atomic E-state index is 0.493. The second-order valence-corrected chi connectivity index (χ2v) is 4.16. The molecule has 2 aliphatic rings. The second-order valence-electron chi connectivity index (χ2n) is 4.16. The highest BCUT2D eigenvalue weighted by Gasteiger charge is 2.27. The molecule has 0 spiro atoms. The lowest BCUT2D eigenvalue weighted by Gasteiger charge is -2.25. The number of likely N-dealkylation sites (tertiary alicyclic amines) is 1. The van der Waals surface area contributed by atoms with Gasteiger partial charge in [0.15, 0.2) is 0 Å². The van der Waals surface area contributed by atoms with E-state index >= 15 is 0 Å². The second kappa shape index (κ2) is 4.40. The summed E-state index contributed by atoms with van der Waals surface area (Å²) in [4.78, 5) is 2.51. The maximum atomic E-state index is 5.72. The fourth-order valence-corrected chi connectivity index (χ4v) is 2.45. The van der Waals surface area contributed by atoms with Crippen molar-refractivity contribution in [2.75, 3.05) is 26.2 Å². The average Bonchev–Trinajstić information content (AvgIpc) is 2.76. The first kappa shape index (κ1) is 9.44. The number of hydrogen-bond donors (Lipinski definition) is 1. The van der Waals surface area contributed by atoms with E-state index in [1.807, 2.05) is 0 Å². The van der Waals surface area contributed by atoms with Gasteiger partial charge in [-0.3, -0.25) is 4.90 Å². The van der Waals surface area contributed by atoms with E-state index in [0.717, 1.165) is 19.7 Å². The van der Waals surface area contributed by atoms with Crippen LogP contribution in [0.2, 0.25) is 0 Å². The van der Waals surface area contributed by atoms with Crippen LogP contribution in [0.25, 0.3) is 0 Å². The standard InChI is InChI=1S/C10H20N2O/c11-7-9-3-1-5-12(9)8-10-4-2-6-13-10/h9-10H,1-8,11H2/t9-,10?/m1/s1. The molecule has 0 amide bonds. The Bertz CT molecular complexity index is 157. The van der Waals surface area contributed by atoms with Crippen molar-refractivity contribution in [2.24, 2.45) is 5.73 Å². The molecule has 2 N–H and O–H groups in total. The molecule has 2 rings (SSSR count). The van der Waals surface area contributed by atoms with Crippen LogP contribution in [0.5, 0.6) is 0 Å². The Morgan fingerprint density at radius 3 is 2.92 bits per heavy atom. The summed E-state index contributed by atoms with van der Waals surface area (Å²) in [5, 5.41) is 0. The fraction of sp³-hybridized carbons (Fsp3) is 1.00. The Balaban J connectivity index is 1.79. The topological polar surface area (TPSA) is 38.5 Å². The molecule has 2 aliphatic heterocycles. The summed E-state index contributed by atoms with van der Waals surface area (Å²) >= 11 is 0. The summed E-state index contributed by atoms with van der Waals surface area (Å²) < 4.78 is 5.63. The molecule has 0 aromatic rings. The summed E-state index contributed by atoms with van der Waals surface area (Å²) in [7, 11) is 0. The molecule has 0 aromatic heterocycles. The first-order valence-electron chi connectivity index (χ1n) is 5.46. The molecule has 13 heavy (non-hydrogen) atoms. The lowest BCUT2D eigenvalue weighted by molar-refractivity contribution is 0.0700. The SMILES string of the molecule is NC[C@H]1CCCN1CC1CCCO1. The van der Waals surface area contributed by atoms with Gasteiger partial charge in [0.1, 0.15) is 0 Å². The van der Waals surface area contributed by atoms with Crippen molar-refractivity contribution in [1.29, 1.82) is 0 Å². The molecule has 2 saturated heterocycles. The zero-order valence-corrected chi connectivity index (χ0v) is 8.24. The van der Waals surface area contributed by atoms with Gasteiger partial charge in [-0.25, -0.2) is 0 Å². The smallest absolute Gasteiger partial charge is 0.0702 e. The number of rotatable bonds is 3. The highest BCUT2D eigenvalue weighted by Crippen LogP contribution is 2.20. The van der Waals surface area contributed by atoms with E-state index in [2.05, 4.69) is 4.90 Å². The van der Waals surface area contributed by atoms with Crippen molar-refractivity contribution in [2.45, 2.75) is 37.8 Å². The summed E-state index contributed by atoms with van der Waals surface area (Å²) in [6.45, 7) is 4.11. The Kier molecular flexibility index (Phi) is 3.19. The fourth-order valence-electron chi connectivity index (χ4n) is 2.45. The summed E-state index contributed by atoms with van der Waals surface area (Å²) in [5.74, 6) is 0. The maximum Gasteiger partial charge on any atom is 0.0702 e. The van der Waals surface area contributed by atoms with Crippen molar-refractivity contribution < 1.29 is 4.74 Å². The van der Waals surface area contributed by atoms with Gasteiger partial charge >= 0.3 is 0 Å². The molecule has 3 heteroatoms. The predicted molar refractivity (Wildman–Crippen MR) is 52.6 cm³/mol. The molecular weight excluding hydrogens is 164 g/mol. The molecule has 3 nitrogen and oxygen atoms in total. The van der Waals surface area contributed by atoms with Crippen LogP contribution in [0.4, 0.5) is 0 Å². The van der Waals surface area contributed by atoms with Gasteiger partial charge in [-0.1, -0.05) is 0 Å². The van der Waals surface area contributed by atoms with Crippen molar-refractivity contribution in [3.63, 3.8) is 0 Å². The van der Waals surface area contributed by atoms with Crippen LogP contribution in [-0.2, 0) is 4.74 Å². The number of ether oxygens (including phenoxy) is 1. The third-order valence-corrected chi connectivity index (χ3v) is 3.23. The average molecular weight is 184 g/mol. The lowest BCUT2D eigenvalue weighted by atomic mass is 10.2. The van der Waals surface area contributed by atoms with E-state index in [-0.39, 0.29) is 0 Å². The van der Waals surface area contributed by atoms with Crippen LogP contribution in [0.15, 0.2) is 0 Å². The van der Waals surface area contributed by atoms with Gasteiger partial charge in [0.05, 0.1) is 6.10 Å². The van der Waals surface area contributed by atoms with Gasteiger partial charge in [-0.15, -0.1) is 0 Å². The van der Waals surface area contributed by atoms with Crippen molar-refractivity contribution >= 4 is 0 Å². The van der Waals surface area contributed by atoms with Gasteiger partial charge in [-0.2, -0.15) is 0 Å². The van der Waals surface area contributed by atoms with Gasteiger partial charge in [0.25, 0.3) is 0 Å². The third kappa shape index (κ3) is 2.22. The van der Waals surface area contributed by atoms with Crippen molar-refractivity contribution in [3.8, 4) is 0 Å². The molecule has 0 bridgehead atoms. The summed E-state index contributed by atoms with van der Waals surface area (Å²) in [6, 6.07) is 0.629. The molecular formula is C10H20N2O. The summed E-state index contributed by atoms with van der Waals surface area (Å²) in [6.07, 6.45) is 5.57. The molecule has 76 valence electrons. The monoisotopic (exact) mass is 184 g/mol. The maximum absolute atomic E-state index is 5.72. The van der Waals surface area contributed by atoms with Crippen LogP contribution in [-0.4, -0.2) is 43.3 Å². The Hall–Kier alpha value is -0.120. The molecule has 2 heterocycles. The lowest BCUT2D eigenvalue weighted by Crippen LogP contribution is -2.40. The molecule has 2 atom stereocenters. The summed E-state index contributed by atoms with van der Waals surface area (Å²) in [5.41, 5.74) is 5.72. The van der Waals surface area contributed by atoms with E-state index in [4.69, 9.17) is 10.5 Å². The first-order chi connectivity index (χ1) is 6.40. The highest BCUT2D eigenvalue weighted by atomic mass is 16.5. The van der Waals surface area contributed by atoms with E-state index in [1.165, 1.54) is 32.2 Å². The first-order valence-corrected chi connectivity index (χ1v) is 5.46. The molecule has 0 aliphatic carbocycles. The van der Waals surface area contributed by atoms with E-state index < -0.39 is 0 Å². The number of hydrogen-bond acceptors (Lipinski definition) is 3. The Morgan fingerprint density at radius 2 is 2.23 bits per heavy atom. The minimum absolute atomic E-state index is 0.493. The molecule has 0 aromatic carbocycles. The molecule has 0 saturated carbocycles. The van der Waals surface area contributed by atoms with Crippen LogP contribution in [0.3, 0.4) is 0 Å². The third-order valence-electron chi connectivity index (χ3n) is 3.23. The van der Waals surface area contributed by atoms with Crippen LogP contribution in [0, 0.1) is 0 Å². The highest BCUT2D eigenvalue weighted by molar-refractivity contribution is 4.82. The Labute approximate surface area is 80.2 Å². The van der Waals surface area contributed by atoms with Crippen LogP contribution in [0.1, 0.15) is 25.7 Å². The molecule has 2 fully saturated rings. The quantitative estimate of drug-likeness (QED) is 0.697. The predicted octanol–water partition coefficient (Wildman–Crippen LogP) is 0.588. The van der Waals surface area contributed by atoms with Crippen LogP contribution >= 0.6 is 0 Å². The zero-order chi connectivity index (χ0) is 9.10. The Morgan fingerprint density at radius 1 is 1.31 bits per heavy atom. The zero-order valence-electron chi connectivity index (χ0n) is 8.24. The van der Waals surface area contributed by atoms with Gasteiger partial charge in [0, 0.05) is 25.7 Å². The van der Waals surface area contributed by atoms with E-state index in [0.29, 0.717) is 12.1 Å². The molecule has 0 radical (unpaired) electrons. The van der Waals surface area contributed by atoms with E-state index in [1.54, 1.807) is 0 Å². The van der Waals surface area contributed by atoms with E-state index in [9.17, 15) is 0 Å². The van der Waals surface area contributed by atoms with Gasteiger partial charge < -0.3 is 10.5 Å². The van der Waals surface area contributed by atoms with Crippen LogP contribution < -0.4 is 5.73 Å². The largest absolute Gasteiger partial charge is 0.377 e. The van der Waals surface area contributed by atoms with Gasteiger partial charge in [-0.05, 0) is 32.2 Å². The van der Waals surface area contributed by atoms with Crippen molar-refractivity contribution in [1.82, 2.24) is 4.90 Å². The molecule has 1 unspecified atom stereocenters. The minimum Gasteiger partial charge on any atom is -0.377 e. The number of nitrogens with two attached hydrogens (primary N) is 1. The van der Waals surface area contributed by atoms with Gasteiger partial charge in [0.2, 0.25) is 0 Å². The van der Waals surface area contributed by atoms with Crippen molar-refractivity contribution in [3.05, 3.63) is 0 Å². The number of nitrogens with zero attached hydrogens (tertiary/aromatic N) is 1.